The number of carboxylic acid groups (broad SMARTS) is 2. The van der Waals surface area contributed by atoms with Crippen molar-refractivity contribution in [3.05, 3.63) is 40.3 Å². The number of halogens is 1. The van der Waals surface area contributed by atoms with E-state index in [1.807, 2.05) is 0 Å². The third-order valence-electron chi connectivity index (χ3n) is 1.88. The summed E-state index contributed by atoms with van der Waals surface area (Å²) in [5.74, 6) is -2.22. The van der Waals surface area contributed by atoms with Crippen molar-refractivity contribution in [3.63, 3.8) is 0 Å². The van der Waals surface area contributed by atoms with Gasteiger partial charge in [-0.2, -0.15) is 0 Å². The van der Waals surface area contributed by atoms with Crippen molar-refractivity contribution in [1.82, 2.24) is 0 Å². The van der Waals surface area contributed by atoms with Gasteiger partial charge in [0, 0.05) is 6.08 Å². The molecular formula is C11H9ClO5. The van der Waals surface area contributed by atoms with E-state index in [9.17, 15) is 9.59 Å². The van der Waals surface area contributed by atoms with Crippen LogP contribution in [0.3, 0.4) is 0 Å². The summed E-state index contributed by atoms with van der Waals surface area (Å²) < 4.78 is 4.97. The van der Waals surface area contributed by atoms with Gasteiger partial charge < -0.3 is 14.6 Å². The first kappa shape index (κ1) is 13.1. The molecule has 17 heavy (non-hydrogen) atoms. The zero-order chi connectivity index (χ0) is 13.0. The lowest BCUT2D eigenvalue weighted by atomic mass is 10.1. The molecule has 0 aromatic carbocycles. The van der Waals surface area contributed by atoms with E-state index in [2.05, 4.69) is 0 Å². The third kappa shape index (κ3) is 3.81. The van der Waals surface area contributed by atoms with Gasteiger partial charge in [0.25, 0.3) is 0 Å². The van der Waals surface area contributed by atoms with E-state index >= 15 is 0 Å². The lowest BCUT2D eigenvalue weighted by Gasteiger charge is -2.00. The lowest BCUT2D eigenvalue weighted by Crippen LogP contribution is -2.03. The molecule has 0 aliphatic carbocycles. The Balaban J connectivity index is 3.14. The molecule has 0 aliphatic heterocycles. The van der Waals surface area contributed by atoms with Crippen molar-refractivity contribution in [2.24, 2.45) is 0 Å². The van der Waals surface area contributed by atoms with Crippen LogP contribution >= 0.6 is 11.6 Å². The topological polar surface area (TPSA) is 87.7 Å². The fraction of sp³-hybridized carbons (Fsp3) is 0.0909. The van der Waals surface area contributed by atoms with Gasteiger partial charge in [0.1, 0.15) is 5.76 Å². The largest absolute Gasteiger partial charge is 0.478 e. The van der Waals surface area contributed by atoms with Gasteiger partial charge in [-0.25, -0.2) is 9.59 Å². The summed E-state index contributed by atoms with van der Waals surface area (Å²) in [4.78, 5) is 21.4. The van der Waals surface area contributed by atoms with E-state index in [1.165, 1.54) is 25.1 Å². The molecule has 0 amide bonds. The van der Waals surface area contributed by atoms with Crippen LogP contribution in [0.15, 0.2) is 33.8 Å². The summed E-state index contributed by atoms with van der Waals surface area (Å²) in [6.07, 6.45) is 2.02. The summed E-state index contributed by atoms with van der Waals surface area (Å²) in [5.41, 5.74) is -0.0593. The van der Waals surface area contributed by atoms with Crippen LogP contribution in [0.1, 0.15) is 12.7 Å². The van der Waals surface area contributed by atoms with Crippen molar-refractivity contribution >= 4 is 29.6 Å². The van der Waals surface area contributed by atoms with Crippen molar-refractivity contribution < 1.29 is 24.2 Å². The highest BCUT2D eigenvalue weighted by Gasteiger charge is 2.12. The number of hydrogen-bond donors (Lipinski definition) is 2. The number of hydrogen-bond acceptors (Lipinski definition) is 3. The molecule has 1 rings (SSSR count). The molecule has 2 N–H and O–H groups in total. The molecule has 0 aliphatic rings. The Bertz CT molecular complexity index is 510. The zero-order valence-corrected chi connectivity index (χ0v) is 9.56. The first-order valence-electron chi connectivity index (χ1n) is 4.52. The predicted octanol–water partition coefficient (Wildman–Crippen LogP) is 2.43. The normalized spacial score (nSPS) is 12.6. The van der Waals surface area contributed by atoms with Crippen molar-refractivity contribution in [2.75, 3.05) is 0 Å². The molecule has 0 fully saturated rings. The highest BCUT2D eigenvalue weighted by Crippen LogP contribution is 2.19. The van der Waals surface area contributed by atoms with Gasteiger partial charge in [0.05, 0.1) is 5.57 Å². The van der Waals surface area contributed by atoms with Crippen LogP contribution in [0.5, 0.6) is 0 Å². The van der Waals surface area contributed by atoms with E-state index in [0.29, 0.717) is 0 Å². The second-order valence-electron chi connectivity index (χ2n) is 3.17. The van der Waals surface area contributed by atoms with Crippen molar-refractivity contribution in [1.29, 1.82) is 0 Å². The zero-order valence-electron chi connectivity index (χ0n) is 8.81. The van der Waals surface area contributed by atoms with Crippen LogP contribution in [-0.4, -0.2) is 22.2 Å². The molecule has 1 aromatic heterocycles. The molecule has 6 heteroatoms. The van der Waals surface area contributed by atoms with E-state index in [4.69, 9.17) is 26.2 Å². The van der Waals surface area contributed by atoms with Gasteiger partial charge in [0.15, 0.2) is 5.22 Å². The predicted molar refractivity (Wildman–Crippen MR) is 60.7 cm³/mol. The minimum Gasteiger partial charge on any atom is -0.478 e. The lowest BCUT2D eigenvalue weighted by molar-refractivity contribution is -0.132. The van der Waals surface area contributed by atoms with Gasteiger partial charge in [-0.1, -0.05) is 0 Å². The van der Waals surface area contributed by atoms with Gasteiger partial charge in [-0.15, -0.1) is 0 Å². The minimum atomic E-state index is -1.24. The maximum Gasteiger partial charge on any atom is 0.336 e. The van der Waals surface area contributed by atoms with Crippen LogP contribution in [0, 0.1) is 0 Å². The summed E-state index contributed by atoms with van der Waals surface area (Å²) in [7, 11) is 0. The highest BCUT2D eigenvalue weighted by atomic mass is 35.5. The Morgan fingerprint density at radius 2 is 2.00 bits per heavy atom. The summed E-state index contributed by atoms with van der Waals surface area (Å²) in [5, 5.41) is 17.6. The van der Waals surface area contributed by atoms with Crippen LogP contribution in [0.4, 0.5) is 0 Å². The molecule has 0 bridgehead atoms. The van der Waals surface area contributed by atoms with E-state index in [0.717, 1.165) is 6.08 Å². The molecule has 90 valence electrons. The maximum absolute atomic E-state index is 11.0. The average Bonchev–Trinajstić information content (AvgIpc) is 2.58. The fourth-order valence-electron chi connectivity index (χ4n) is 1.16. The average molecular weight is 257 g/mol. The molecular weight excluding hydrogens is 248 g/mol. The Kier molecular flexibility index (Phi) is 4.12. The summed E-state index contributed by atoms with van der Waals surface area (Å²) in [6, 6.07) is 2.95. The molecule has 5 nitrogen and oxygen atoms in total. The monoisotopic (exact) mass is 256 g/mol. The second-order valence-corrected chi connectivity index (χ2v) is 3.54. The standard InChI is InChI=1S/C11H9ClO5/c1-6(4-10(13)14)8(11(15)16)5-7-2-3-9(12)17-7/h2-5H,1H3,(H,13,14)(H,15,16)/b6-4+,8-5+. The number of aliphatic carboxylic acids is 2. The number of furan rings is 1. The molecule has 0 atom stereocenters. The Hall–Kier alpha value is -2.01. The van der Waals surface area contributed by atoms with Crippen LogP contribution in [0.2, 0.25) is 5.22 Å². The first-order chi connectivity index (χ1) is 7.90. The van der Waals surface area contributed by atoms with Crippen molar-refractivity contribution in [3.8, 4) is 0 Å². The maximum atomic E-state index is 11.0. The Morgan fingerprint density at radius 1 is 1.35 bits per heavy atom. The van der Waals surface area contributed by atoms with Gasteiger partial charge in [-0.05, 0) is 42.3 Å². The molecule has 0 unspecified atom stereocenters. The van der Waals surface area contributed by atoms with Crippen LogP contribution < -0.4 is 0 Å². The van der Waals surface area contributed by atoms with E-state index in [1.54, 1.807) is 0 Å². The van der Waals surface area contributed by atoms with E-state index in [-0.39, 0.29) is 22.1 Å². The SMILES string of the molecule is CC(=C\C(=O)O)/C(=C\c1ccc(Cl)o1)C(=O)O. The minimum absolute atomic E-state index is 0.109. The molecule has 0 saturated carbocycles. The van der Waals surface area contributed by atoms with Crippen LogP contribution in [-0.2, 0) is 9.59 Å². The molecule has 1 aromatic rings. The quantitative estimate of drug-likeness (QED) is 0.638. The Labute approximate surface area is 102 Å². The Morgan fingerprint density at radius 3 is 2.41 bits per heavy atom. The fourth-order valence-corrected chi connectivity index (χ4v) is 1.31. The van der Waals surface area contributed by atoms with E-state index < -0.39 is 11.9 Å². The first-order valence-corrected chi connectivity index (χ1v) is 4.90. The van der Waals surface area contributed by atoms with Gasteiger partial charge >= 0.3 is 11.9 Å². The van der Waals surface area contributed by atoms with Gasteiger partial charge in [-0.3, -0.25) is 0 Å². The van der Waals surface area contributed by atoms with Crippen molar-refractivity contribution in [2.45, 2.75) is 6.92 Å². The summed E-state index contributed by atoms with van der Waals surface area (Å²) in [6.45, 7) is 1.39. The third-order valence-corrected chi connectivity index (χ3v) is 2.08. The molecule has 1 heterocycles. The molecule has 0 spiro atoms. The van der Waals surface area contributed by atoms with Gasteiger partial charge in [0.2, 0.25) is 0 Å². The molecule has 0 saturated heterocycles. The number of rotatable bonds is 4. The second kappa shape index (κ2) is 5.36. The molecule has 0 radical (unpaired) electrons. The van der Waals surface area contributed by atoms with Crippen LogP contribution in [0.25, 0.3) is 6.08 Å². The highest BCUT2D eigenvalue weighted by molar-refractivity contribution is 6.28. The number of carbonyl (C=O) groups is 2. The summed E-state index contributed by atoms with van der Waals surface area (Å²) >= 11 is 5.54. The number of carboxylic acids is 2. The smallest absolute Gasteiger partial charge is 0.336 e.